The van der Waals surface area contributed by atoms with Gasteiger partial charge in [0.1, 0.15) is 11.1 Å². The fourth-order valence-electron chi connectivity index (χ4n) is 6.07. The highest BCUT2D eigenvalue weighted by molar-refractivity contribution is 7.14. The summed E-state index contributed by atoms with van der Waals surface area (Å²) in [6.45, 7) is 4.43. The van der Waals surface area contributed by atoms with Gasteiger partial charge in [-0.05, 0) is 57.0 Å². The van der Waals surface area contributed by atoms with Crippen LogP contribution in [0.2, 0.25) is 0 Å². The molecule has 2 fully saturated rings. The number of Topliss-reactive ketones (excluding diaryl/α,β-unsaturated/α-hetero) is 1. The van der Waals surface area contributed by atoms with Crippen LogP contribution < -0.4 is 15.5 Å². The number of anilines is 1. The molecular formula is C34H40N6O4S. The van der Waals surface area contributed by atoms with Crippen molar-refractivity contribution < 1.29 is 18.8 Å². The number of nitrogens with one attached hydrogen (secondary N) is 2. The second kappa shape index (κ2) is 13.9. The van der Waals surface area contributed by atoms with Crippen molar-refractivity contribution >= 4 is 45.2 Å². The molecule has 4 aromatic rings. The molecular weight excluding hydrogens is 588 g/mol. The molecule has 2 N–H and O–H groups in total. The molecule has 0 unspecified atom stereocenters. The van der Waals surface area contributed by atoms with Crippen molar-refractivity contribution in [3.05, 3.63) is 65.4 Å². The smallest absolute Gasteiger partial charge is 0.264 e. The van der Waals surface area contributed by atoms with Gasteiger partial charge in [0.2, 0.25) is 11.7 Å². The number of oxazole rings is 1. The van der Waals surface area contributed by atoms with E-state index in [4.69, 9.17) is 9.40 Å². The van der Waals surface area contributed by atoms with Crippen molar-refractivity contribution in [1.29, 1.82) is 0 Å². The maximum Gasteiger partial charge on any atom is 0.264 e. The molecule has 1 aliphatic carbocycles. The number of carbonyl (C=O) groups excluding carboxylic acids is 3. The summed E-state index contributed by atoms with van der Waals surface area (Å²) in [5, 5.41) is 9.22. The zero-order chi connectivity index (χ0) is 31.2. The van der Waals surface area contributed by atoms with Crippen molar-refractivity contribution in [2.75, 3.05) is 44.7 Å². The first-order valence-electron chi connectivity index (χ1n) is 15.9. The van der Waals surface area contributed by atoms with E-state index in [1.807, 2.05) is 42.5 Å². The number of para-hydroxylation sites is 2. The van der Waals surface area contributed by atoms with Crippen LogP contribution in [-0.2, 0) is 4.79 Å². The van der Waals surface area contributed by atoms with E-state index in [1.165, 1.54) is 0 Å². The van der Waals surface area contributed by atoms with Crippen molar-refractivity contribution in [3.8, 4) is 11.3 Å². The number of piperazine rings is 1. The number of fused-ring (bicyclic) bond motifs is 1. The number of nitrogens with zero attached hydrogens (tertiary/aromatic N) is 4. The lowest BCUT2D eigenvalue weighted by Gasteiger charge is -2.36. The highest BCUT2D eigenvalue weighted by Gasteiger charge is 2.40. The number of hydrogen-bond donors (Lipinski definition) is 2. The van der Waals surface area contributed by atoms with Gasteiger partial charge in [0.25, 0.3) is 11.8 Å². The van der Waals surface area contributed by atoms with Gasteiger partial charge in [-0.2, -0.15) is 0 Å². The van der Waals surface area contributed by atoms with Crippen LogP contribution >= 0.6 is 11.3 Å². The van der Waals surface area contributed by atoms with Gasteiger partial charge in [0.15, 0.2) is 10.7 Å². The maximum atomic E-state index is 13.5. The Kier molecular flexibility index (Phi) is 9.56. The molecule has 2 aliphatic rings. The summed E-state index contributed by atoms with van der Waals surface area (Å²) in [6.07, 6.45) is 5.53. The average molecular weight is 629 g/mol. The van der Waals surface area contributed by atoms with Crippen molar-refractivity contribution in [2.24, 2.45) is 0 Å². The monoisotopic (exact) mass is 628 g/mol. The van der Waals surface area contributed by atoms with E-state index >= 15 is 0 Å². The largest absolute Gasteiger partial charge is 0.434 e. The number of thiazole rings is 1. The molecule has 0 bridgehead atoms. The molecule has 0 radical (unpaired) electrons. The van der Waals surface area contributed by atoms with Gasteiger partial charge in [0, 0.05) is 55.7 Å². The summed E-state index contributed by atoms with van der Waals surface area (Å²) in [6, 6.07) is 14.8. The summed E-state index contributed by atoms with van der Waals surface area (Å²) >= 11 is 1.65. The highest BCUT2D eigenvalue weighted by atomic mass is 32.1. The molecule has 45 heavy (non-hydrogen) atoms. The Morgan fingerprint density at radius 1 is 0.933 bits per heavy atom. The average Bonchev–Trinajstić information content (AvgIpc) is 3.74. The Balaban J connectivity index is 1.01. The Morgan fingerprint density at radius 2 is 1.69 bits per heavy atom. The van der Waals surface area contributed by atoms with Crippen LogP contribution in [-0.4, -0.2) is 77.8 Å². The minimum absolute atomic E-state index is 0.124. The Hall–Kier alpha value is -4.09. The number of hydrogen-bond acceptors (Lipinski definition) is 9. The summed E-state index contributed by atoms with van der Waals surface area (Å²) in [7, 11) is 2.14. The van der Waals surface area contributed by atoms with Gasteiger partial charge in [-0.15, -0.1) is 11.3 Å². The molecule has 6 rings (SSSR count). The molecule has 10 nitrogen and oxygen atoms in total. The highest BCUT2D eigenvalue weighted by Crippen LogP contribution is 2.31. The SMILES string of the molecule is CN1CCN(c2nc(-c3ccc(C(=O)NC4(C(=O)NCCCCC(=O)c5nc6ccccc6o5)CCCCC4)cc3)cs2)CC1. The summed E-state index contributed by atoms with van der Waals surface area (Å²) in [5.41, 5.74) is 2.71. The summed E-state index contributed by atoms with van der Waals surface area (Å²) in [5.74, 6) is -0.431. The lowest BCUT2D eigenvalue weighted by molar-refractivity contribution is -0.128. The van der Waals surface area contributed by atoms with E-state index in [-0.39, 0.29) is 23.5 Å². The van der Waals surface area contributed by atoms with Crippen LogP contribution in [0.15, 0.2) is 58.3 Å². The number of rotatable bonds is 11. The number of carbonyl (C=O) groups is 3. The van der Waals surface area contributed by atoms with E-state index in [2.05, 4.69) is 37.8 Å². The normalized spacial score (nSPS) is 16.9. The second-order valence-corrected chi connectivity index (χ2v) is 12.9. The van der Waals surface area contributed by atoms with Crippen molar-refractivity contribution in [1.82, 2.24) is 25.5 Å². The van der Waals surface area contributed by atoms with Crippen LogP contribution in [0.4, 0.5) is 5.13 Å². The maximum absolute atomic E-state index is 13.5. The third kappa shape index (κ3) is 7.26. The Morgan fingerprint density at radius 3 is 2.44 bits per heavy atom. The molecule has 11 heteroatoms. The molecule has 2 amide bonds. The molecule has 3 heterocycles. The fraction of sp³-hybridized carbons (Fsp3) is 0.441. The standard InChI is InChI=1S/C34H40N6O4S/c1-39-19-21-40(22-20-39)33-37-27(23-45-33)24-12-14-25(15-13-24)30(42)38-34(16-6-2-7-17-34)32(43)35-18-8-5-10-28(41)31-36-26-9-3-4-11-29(26)44-31/h3-4,9,11-15,23H,2,5-8,10,16-22H2,1H3,(H,35,43)(H,38,42). The van der Waals surface area contributed by atoms with Gasteiger partial charge >= 0.3 is 0 Å². The number of amides is 2. The third-order valence-electron chi connectivity index (χ3n) is 8.85. The predicted octanol–water partition coefficient (Wildman–Crippen LogP) is 5.31. The lowest BCUT2D eigenvalue weighted by atomic mass is 9.80. The minimum Gasteiger partial charge on any atom is -0.434 e. The molecule has 2 aromatic heterocycles. The molecule has 2 aromatic carbocycles. The second-order valence-electron chi connectivity index (χ2n) is 12.1. The number of aromatic nitrogens is 2. The quantitative estimate of drug-likeness (QED) is 0.170. The van der Waals surface area contributed by atoms with E-state index in [1.54, 1.807) is 17.4 Å². The van der Waals surface area contributed by atoms with E-state index < -0.39 is 5.54 Å². The predicted molar refractivity (Wildman–Crippen MR) is 176 cm³/mol. The first-order chi connectivity index (χ1) is 21.9. The van der Waals surface area contributed by atoms with Crippen LogP contribution in [0.3, 0.4) is 0 Å². The zero-order valence-electron chi connectivity index (χ0n) is 25.7. The first kappa shape index (κ1) is 30.9. The van der Waals surface area contributed by atoms with Gasteiger partial charge in [-0.3, -0.25) is 14.4 Å². The van der Waals surface area contributed by atoms with E-state index in [0.717, 1.165) is 61.8 Å². The van der Waals surface area contributed by atoms with Crippen molar-refractivity contribution in [2.45, 2.75) is 56.9 Å². The Labute approximate surface area is 267 Å². The molecule has 1 aliphatic heterocycles. The van der Waals surface area contributed by atoms with E-state index in [9.17, 15) is 14.4 Å². The minimum atomic E-state index is -0.936. The van der Waals surface area contributed by atoms with Crippen LogP contribution in [0.5, 0.6) is 0 Å². The lowest BCUT2D eigenvalue weighted by Crippen LogP contribution is -2.59. The van der Waals surface area contributed by atoms with Crippen LogP contribution in [0.25, 0.3) is 22.4 Å². The van der Waals surface area contributed by atoms with Gasteiger partial charge < -0.3 is 24.9 Å². The van der Waals surface area contributed by atoms with E-state index in [0.29, 0.717) is 55.3 Å². The van der Waals surface area contributed by atoms with Crippen LogP contribution in [0, 0.1) is 0 Å². The first-order valence-corrected chi connectivity index (χ1v) is 16.8. The number of benzene rings is 2. The van der Waals surface area contributed by atoms with Crippen molar-refractivity contribution in [3.63, 3.8) is 0 Å². The zero-order valence-corrected chi connectivity index (χ0v) is 26.5. The number of ketones is 1. The number of likely N-dealkylation sites (N-methyl/N-ethyl adjacent to an activating group) is 1. The summed E-state index contributed by atoms with van der Waals surface area (Å²) in [4.78, 5) is 53.2. The molecule has 0 spiro atoms. The topological polar surface area (TPSA) is 121 Å². The fourth-order valence-corrected chi connectivity index (χ4v) is 6.95. The summed E-state index contributed by atoms with van der Waals surface area (Å²) < 4.78 is 5.57. The van der Waals surface area contributed by atoms with Gasteiger partial charge in [-0.25, -0.2) is 9.97 Å². The van der Waals surface area contributed by atoms with Gasteiger partial charge in [-0.1, -0.05) is 43.5 Å². The molecule has 1 saturated heterocycles. The molecule has 0 atom stereocenters. The number of unbranched alkanes of at least 4 members (excludes halogenated alkanes) is 1. The molecule has 1 saturated carbocycles. The third-order valence-corrected chi connectivity index (χ3v) is 9.75. The van der Waals surface area contributed by atoms with Gasteiger partial charge in [0.05, 0.1) is 5.69 Å². The Bertz CT molecular complexity index is 1600. The molecule has 236 valence electrons. The van der Waals surface area contributed by atoms with Crippen LogP contribution in [0.1, 0.15) is 72.4 Å².